The fourth-order valence-corrected chi connectivity index (χ4v) is 1.83. The van der Waals surface area contributed by atoms with Crippen molar-refractivity contribution in [3.8, 4) is 0 Å². The zero-order valence-corrected chi connectivity index (χ0v) is 9.25. The minimum Gasteiger partial charge on any atom is -0.462 e. The Kier molecular flexibility index (Phi) is 2.91. The number of nitrogens with zero attached hydrogens (tertiary/aromatic N) is 1. The summed E-state index contributed by atoms with van der Waals surface area (Å²) in [6, 6.07) is 1.86. The summed E-state index contributed by atoms with van der Waals surface area (Å²) >= 11 is 5.92. The van der Waals surface area contributed by atoms with E-state index in [0.29, 0.717) is 18.1 Å². The molecule has 0 saturated heterocycles. The first-order valence-corrected chi connectivity index (χ1v) is 5.43. The third kappa shape index (κ3) is 2.12. The smallest absolute Gasteiger partial charge is 0.341 e. The van der Waals surface area contributed by atoms with Gasteiger partial charge in [0.1, 0.15) is 10.7 Å². The molecule has 1 aliphatic carbocycles. The van der Waals surface area contributed by atoms with E-state index in [1.807, 2.05) is 6.07 Å². The number of esters is 1. The second-order valence-corrected chi connectivity index (χ2v) is 3.92. The number of ether oxygens (including phenoxy) is 1. The minimum absolute atomic E-state index is 0.248. The normalized spacial score (nSPS) is 15.1. The summed E-state index contributed by atoms with van der Waals surface area (Å²) in [6.07, 6.45) is 3.87. The van der Waals surface area contributed by atoms with Gasteiger partial charge in [0.05, 0.1) is 6.61 Å². The summed E-state index contributed by atoms with van der Waals surface area (Å²) < 4.78 is 4.96. The maximum Gasteiger partial charge on any atom is 0.341 e. The van der Waals surface area contributed by atoms with E-state index >= 15 is 0 Å². The van der Waals surface area contributed by atoms with Crippen LogP contribution >= 0.6 is 11.6 Å². The highest BCUT2D eigenvalue weighted by atomic mass is 35.5. The number of halogens is 1. The average molecular weight is 226 g/mol. The van der Waals surface area contributed by atoms with Crippen LogP contribution in [0.4, 0.5) is 0 Å². The molecule has 0 aliphatic heterocycles. The van der Waals surface area contributed by atoms with E-state index < -0.39 is 0 Å². The van der Waals surface area contributed by atoms with Crippen LogP contribution in [0.5, 0.6) is 0 Å². The molecule has 0 N–H and O–H groups in total. The molecule has 4 heteroatoms. The van der Waals surface area contributed by atoms with E-state index in [9.17, 15) is 4.79 Å². The predicted octanol–water partition coefficient (Wildman–Crippen LogP) is 2.79. The molecule has 3 nitrogen and oxygen atoms in total. The highest BCUT2D eigenvalue weighted by Gasteiger charge is 2.30. The first-order chi connectivity index (χ1) is 7.24. The van der Waals surface area contributed by atoms with Crippen LogP contribution in [-0.2, 0) is 4.74 Å². The van der Waals surface area contributed by atoms with Gasteiger partial charge in [0.15, 0.2) is 0 Å². The molecule has 0 bridgehead atoms. The standard InChI is InChI=1S/C11H12ClNO2/c1-2-15-11(14)9-8(7-3-4-7)5-6-13-10(9)12/h5-7H,2-4H2,1H3. The summed E-state index contributed by atoms with van der Waals surface area (Å²) in [4.78, 5) is 15.6. The van der Waals surface area contributed by atoms with Crippen molar-refractivity contribution in [1.82, 2.24) is 4.98 Å². The molecule has 0 unspecified atom stereocenters. The molecular formula is C11H12ClNO2. The minimum atomic E-state index is -0.363. The van der Waals surface area contributed by atoms with Crippen LogP contribution in [0.25, 0.3) is 0 Å². The highest BCUT2D eigenvalue weighted by Crippen LogP contribution is 2.42. The summed E-state index contributed by atoms with van der Waals surface area (Å²) in [5, 5.41) is 0.248. The molecule has 15 heavy (non-hydrogen) atoms. The highest BCUT2D eigenvalue weighted by molar-refractivity contribution is 6.32. The van der Waals surface area contributed by atoms with Gasteiger partial charge < -0.3 is 4.74 Å². The Balaban J connectivity index is 2.37. The van der Waals surface area contributed by atoms with Crippen LogP contribution < -0.4 is 0 Å². The number of pyridine rings is 1. The molecular weight excluding hydrogens is 214 g/mol. The molecule has 1 aromatic heterocycles. The molecule has 0 amide bonds. The maximum atomic E-state index is 11.7. The first-order valence-electron chi connectivity index (χ1n) is 5.05. The Morgan fingerprint density at radius 1 is 1.67 bits per heavy atom. The average Bonchev–Trinajstić information content (AvgIpc) is 3.00. The lowest BCUT2D eigenvalue weighted by atomic mass is 10.1. The second kappa shape index (κ2) is 4.19. The van der Waals surface area contributed by atoms with E-state index in [-0.39, 0.29) is 11.1 Å². The SMILES string of the molecule is CCOC(=O)c1c(C2CC2)ccnc1Cl. The molecule has 2 rings (SSSR count). The number of hydrogen-bond donors (Lipinski definition) is 0. The molecule has 1 fully saturated rings. The van der Waals surface area contributed by atoms with Crippen molar-refractivity contribution in [2.45, 2.75) is 25.7 Å². The molecule has 0 atom stereocenters. The zero-order valence-electron chi connectivity index (χ0n) is 8.50. The molecule has 0 radical (unpaired) electrons. The Morgan fingerprint density at radius 3 is 3.00 bits per heavy atom. The second-order valence-electron chi connectivity index (χ2n) is 3.56. The number of carbonyl (C=O) groups excluding carboxylic acids is 1. The topological polar surface area (TPSA) is 39.2 Å². The summed E-state index contributed by atoms with van der Waals surface area (Å²) in [5.41, 5.74) is 1.43. The maximum absolute atomic E-state index is 11.7. The van der Waals surface area contributed by atoms with Gasteiger partial charge in [-0.05, 0) is 37.3 Å². The Bertz CT molecular complexity index is 388. The van der Waals surface area contributed by atoms with Gasteiger partial charge in [-0.1, -0.05) is 11.6 Å². The van der Waals surface area contributed by atoms with Crippen LogP contribution in [0.3, 0.4) is 0 Å². The summed E-state index contributed by atoms with van der Waals surface area (Å²) in [6.45, 7) is 2.13. The fraction of sp³-hybridized carbons (Fsp3) is 0.455. The van der Waals surface area contributed by atoms with E-state index in [4.69, 9.17) is 16.3 Å². The quantitative estimate of drug-likeness (QED) is 0.587. The van der Waals surface area contributed by atoms with Crippen molar-refractivity contribution in [1.29, 1.82) is 0 Å². The molecule has 1 aromatic rings. The van der Waals surface area contributed by atoms with Crippen molar-refractivity contribution in [2.75, 3.05) is 6.61 Å². The monoisotopic (exact) mass is 225 g/mol. The molecule has 1 saturated carbocycles. The van der Waals surface area contributed by atoms with E-state index in [0.717, 1.165) is 18.4 Å². The molecule has 1 aliphatic rings. The number of aromatic nitrogens is 1. The molecule has 0 aromatic carbocycles. The zero-order chi connectivity index (χ0) is 10.8. The van der Waals surface area contributed by atoms with Gasteiger partial charge in [-0.15, -0.1) is 0 Å². The Hall–Kier alpha value is -1.09. The van der Waals surface area contributed by atoms with Crippen molar-refractivity contribution in [3.05, 3.63) is 28.5 Å². The van der Waals surface area contributed by atoms with Gasteiger partial charge in [-0.3, -0.25) is 0 Å². The molecule has 1 heterocycles. The number of hydrogen-bond acceptors (Lipinski definition) is 3. The predicted molar refractivity (Wildman–Crippen MR) is 57.2 cm³/mol. The Morgan fingerprint density at radius 2 is 2.40 bits per heavy atom. The number of rotatable bonds is 3. The van der Waals surface area contributed by atoms with Crippen molar-refractivity contribution in [3.63, 3.8) is 0 Å². The van der Waals surface area contributed by atoms with Crippen LogP contribution in [-0.4, -0.2) is 17.6 Å². The lowest BCUT2D eigenvalue weighted by Gasteiger charge is -2.08. The van der Waals surface area contributed by atoms with Crippen LogP contribution in [0.2, 0.25) is 5.15 Å². The lowest BCUT2D eigenvalue weighted by molar-refractivity contribution is 0.0525. The van der Waals surface area contributed by atoms with Crippen LogP contribution in [0.1, 0.15) is 41.6 Å². The Labute approximate surface area is 93.4 Å². The number of carbonyl (C=O) groups is 1. The summed E-state index contributed by atoms with van der Waals surface area (Å²) in [7, 11) is 0. The van der Waals surface area contributed by atoms with Gasteiger partial charge >= 0.3 is 5.97 Å². The summed E-state index contributed by atoms with van der Waals surface area (Å²) in [5.74, 6) is 0.0995. The van der Waals surface area contributed by atoms with Crippen LogP contribution in [0.15, 0.2) is 12.3 Å². The lowest BCUT2D eigenvalue weighted by Crippen LogP contribution is -2.09. The van der Waals surface area contributed by atoms with Crippen molar-refractivity contribution >= 4 is 17.6 Å². The third-order valence-electron chi connectivity index (χ3n) is 2.43. The third-order valence-corrected chi connectivity index (χ3v) is 2.72. The molecule has 0 spiro atoms. The van der Waals surface area contributed by atoms with E-state index in [1.165, 1.54) is 0 Å². The van der Waals surface area contributed by atoms with Gasteiger partial charge in [-0.25, -0.2) is 9.78 Å². The van der Waals surface area contributed by atoms with Gasteiger partial charge in [0.2, 0.25) is 0 Å². The largest absolute Gasteiger partial charge is 0.462 e. The van der Waals surface area contributed by atoms with Crippen molar-refractivity contribution in [2.24, 2.45) is 0 Å². The van der Waals surface area contributed by atoms with Gasteiger partial charge in [0, 0.05) is 6.20 Å². The fourth-order valence-electron chi connectivity index (χ4n) is 1.59. The first kappa shape index (κ1) is 10.4. The molecule has 80 valence electrons. The van der Waals surface area contributed by atoms with Gasteiger partial charge in [0.25, 0.3) is 0 Å². The van der Waals surface area contributed by atoms with E-state index in [1.54, 1.807) is 13.1 Å². The van der Waals surface area contributed by atoms with Gasteiger partial charge in [-0.2, -0.15) is 0 Å². The van der Waals surface area contributed by atoms with Crippen LogP contribution in [0, 0.1) is 0 Å². The van der Waals surface area contributed by atoms with E-state index in [2.05, 4.69) is 4.98 Å². The van der Waals surface area contributed by atoms with Crippen molar-refractivity contribution < 1.29 is 9.53 Å².